The van der Waals surface area contributed by atoms with Gasteiger partial charge in [0.05, 0.1) is 18.4 Å². The molecular weight excluding hydrogens is 352 g/mol. The Balaban J connectivity index is 2.18. The van der Waals surface area contributed by atoms with Gasteiger partial charge in [-0.1, -0.05) is 30.3 Å². The minimum Gasteiger partial charge on any atom is -0.493 e. The maximum atomic E-state index is 12.4. The van der Waals surface area contributed by atoms with Gasteiger partial charge in [0.25, 0.3) is 0 Å². The summed E-state index contributed by atoms with van der Waals surface area (Å²) in [6.45, 7) is -3.20. The maximum absolute atomic E-state index is 12.4. The van der Waals surface area contributed by atoms with Crippen LogP contribution in [-0.2, 0) is 11.3 Å². The van der Waals surface area contributed by atoms with E-state index in [1.165, 1.54) is 7.11 Å². The lowest BCUT2D eigenvalue weighted by Gasteiger charge is -2.15. The van der Waals surface area contributed by atoms with Gasteiger partial charge in [0, 0.05) is 12.1 Å². The predicted octanol–water partition coefficient (Wildman–Crippen LogP) is 3.74. The molecule has 0 heterocycles. The van der Waals surface area contributed by atoms with Gasteiger partial charge in [0.1, 0.15) is 6.61 Å². The molecule has 0 aliphatic rings. The standard InChI is InChI=1S/C17H15F2NO6/c1-24-13-8-12(11(15(21)22)7-14(13)26-16(18)19)20-17(23)25-9-10-5-3-2-4-6-10/h2-8,16H,9H2,1H3,(H,20,23)(H,21,22). The van der Waals surface area contributed by atoms with E-state index in [0.29, 0.717) is 0 Å². The number of anilines is 1. The lowest BCUT2D eigenvalue weighted by molar-refractivity contribution is -0.0512. The first-order valence-electron chi connectivity index (χ1n) is 7.28. The van der Waals surface area contributed by atoms with Gasteiger partial charge in [-0.2, -0.15) is 8.78 Å². The average Bonchev–Trinajstić information content (AvgIpc) is 2.61. The first-order chi connectivity index (χ1) is 12.4. The summed E-state index contributed by atoms with van der Waals surface area (Å²) in [6, 6.07) is 10.7. The Bertz CT molecular complexity index is 782. The van der Waals surface area contributed by atoms with Crippen LogP contribution in [0.2, 0.25) is 0 Å². The number of halogens is 2. The van der Waals surface area contributed by atoms with Crippen LogP contribution in [0.3, 0.4) is 0 Å². The third kappa shape index (κ3) is 5.07. The normalized spacial score (nSPS) is 10.3. The van der Waals surface area contributed by atoms with E-state index in [-0.39, 0.29) is 18.0 Å². The maximum Gasteiger partial charge on any atom is 0.411 e. The number of alkyl halides is 2. The molecule has 26 heavy (non-hydrogen) atoms. The second kappa shape index (κ2) is 8.65. The van der Waals surface area contributed by atoms with E-state index in [0.717, 1.165) is 17.7 Å². The number of methoxy groups -OCH3 is 1. The van der Waals surface area contributed by atoms with Crippen LogP contribution in [0.15, 0.2) is 42.5 Å². The van der Waals surface area contributed by atoms with E-state index in [4.69, 9.17) is 9.47 Å². The number of benzene rings is 2. The van der Waals surface area contributed by atoms with Crippen LogP contribution in [0.5, 0.6) is 11.5 Å². The number of ether oxygens (including phenoxy) is 3. The van der Waals surface area contributed by atoms with E-state index in [1.807, 2.05) is 0 Å². The Morgan fingerprint density at radius 3 is 2.42 bits per heavy atom. The molecule has 1 amide bonds. The van der Waals surface area contributed by atoms with Crippen molar-refractivity contribution in [1.29, 1.82) is 0 Å². The molecule has 0 atom stereocenters. The number of carbonyl (C=O) groups is 2. The van der Waals surface area contributed by atoms with Crippen molar-refractivity contribution in [2.75, 3.05) is 12.4 Å². The third-order valence-electron chi connectivity index (χ3n) is 3.20. The summed E-state index contributed by atoms with van der Waals surface area (Å²) in [5.41, 5.74) is 0.0894. The fourth-order valence-electron chi connectivity index (χ4n) is 2.06. The number of carboxylic acids is 1. The Kier molecular flexibility index (Phi) is 6.31. The quantitative estimate of drug-likeness (QED) is 0.774. The molecule has 2 N–H and O–H groups in total. The molecule has 0 saturated heterocycles. The molecule has 2 rings (SSSR count). The van der Waals surface area contributed by atoms with Crippen LogP contribution in [0.1, 0.15) is 15.9 Å². The minimum absolute atomic E-state index is 0.0290. The summed E-state index contributed by atoms with van der Waals surface area (Å²) < 4.78 is 39.0. The molecule has 0 saturated carbocycles. The number of aromatic carboxylic acids is 1. The van der Waals surface area contributed by atoms with Crippen LogP contribution >= 0.6 is 0 Å². The highest BCUT2D eigenvalue weighted by Gasteiger charge is 2.20. The monoisotopic (exact) mass is 367 g/mol. The number of hydrogen-bond acceptors (Lipinski definition) is 5. The highest BCUT2D eigenvalue weighted by atomic mass is 19.3. The summed E-state index contributed by atoms with van der Waals surface area (Å²) >= 11 is 0. The molecule has 2 aromatic carbocycles. The smallest absolute Gasteiger partial charge is 0.411 e. The number of rotatable bonds is 7. The number of carboxylic acid groups (broad SMARTS) is 1. The van der Waals surface area contributed by atoms with E-state index in [1.54, 1.807) is 30.3 Å². The first-order valence-corrected chi connectivity index (χ1v) is 7.28. The number of amides is 1. The number of carbonyl (C=O) groups excluding carboxylic acids is 1. The summed E-state index contributed by atoms with van der Waals surface area (Å²) in [7, 11) is 1.19. The van der Waals surface area contributed by atoms with Crippen molar-refractivity contribution in [2.24, 2.45) is 0 Å². The molecule has 0 radical (unpaired) electrons. The topological polar surface area (TPSA) is 94.1 Å². The van der Waals surface area contributed by atoms with E-state index in [2.05, 4.69) is 10.1 Å². The Labute approximate surface area is 147 Å². The van der Waals surface area contributed by atoms with Gasteiger partial charge >= 0.3 is 18.7 Å². The summed E-state index contributed by atoms with van der Waals surface area (Å²) in [6.07, 6.45) is -0.916. The zero-order valence-electron chi connectivity index (χ0n) is 13.6. The second-order valence-electron chi connectivity index (χ2n) is 4.92. The molecule has 0 aliphatic carbocycles. The van der Waals surface area contributed by atoms with E-state index >= 15 is 0 Å². The van der Waals surface area contributed by atoms with Crippen LogP contribution in [0, 0.1) is 0 Å². The molecule has 0 aliphatic heterocycles. The van der Waals surface area contributed by atoms with Crippen molar-refractivity contribution >= 4 is 17.7 Å². The highest BCUT2D eigenvalue weighted by Crippen LogP contribution is 2.34. The van der Waals surface area contributed by atoms with Gasteiger partial charge in [0.2, 0.25) is 0 Å². The largest absolute Gasteiger partial charge is 0.493 e. The van der Waals surface area contributed by atoms with E-state index in [9.17, 15) is 23.5 Å². The van der Waals surface area contributed by atoms with Crippen molar-refractivity contribution in [1.82, 2.24) is 0 Å². The van der Waals surface area contributed by atoms with Gasteiger partial charge in [-0.25, -0.2) is 9.59 Å². The molecule has 9 heteroatoms. The van der Waals surface area contributed by atoms with Gasteiger partial charge < -0.3 is 19.3 Å². The predicted molar refractivity (Wildman–Crippen MR) is 86.8 cm³/mol. The molecule has 0 fully saturated rings. The molecule has 0 unspecified atom stereocenters. The van der Waals surface area contributed by atoms with E-state index < -0.39 is 30.0 Å². The summed E-state index contributed by atoms with van der Waals surface area (Å²) in [4.78, 5) is 23.2. The zero-order valence-corrected chi connectivity index (χ0v) is 13.6. The summed E-state index contributed by atoms with van der Waals surface area (Å²) in [5, 5.41) is 11.5. The van der Waals surface area contributed by atoms with Crippen LogP contribution in [0.25, 0.3) is 0 Å². The Morgan fingerprint density at radius 1 is 1.15 bits per heavy atom. The Morgan fingerprint density at radius 2 is 1.85 bits per heavy atom. The average molecular weight is 367 g/mol. The summed E-state index contributed by atoms with van der Waals surface area (Å²) in [5.74, 6) is -2.10. The van der Waals surface area contributed by atoms with Gasteiger partial charge in [-0.3, -0.25) is 5.32 Å². The highest BCUT2D eigenvalue weighted by molar-refractivity contribution is 5.99. The molecule has 7 nitrogen and oxygen atoms in total. The van der Waals surface area contributed by atoms with Gasteiger partial charge in [-0.15, -0.1) is 0 Å². The lowest BCUT2D eigenvalue weighted by atomic mass is 10.1. The van der Waals surface area contributed by atoms with Crippen molar-refractivity contribution < 1.29 is 37.7 Å². The molecule has 2 aromatic rings. The third-order valence-corrected chi connectivity index (χ3v) is 3.20. The van der Waals surface area contributed by atoms with Crippen molar-refractivity contribution in [2.45, 2.75) is 13.2 Å². The molecule has 0 spiro atoms. The SMILES string of the molecule is COc1cc(NC(=O)OCc2ccccc2)c(C(=O)O)cc1OC(F)F. The minimum atomic E-state index is -3.17. The molecular formula is C17H15F2NO6. The second-order valence-corrected chi connectivity index (χ2v) is 4.92. The molecule has 0 bridgehead atoms. The van der Waals surface area contributed by atoms with Crippen LogP contribution < -0.4 is 14.8 Å². The van der Waals surface area contributed by atoms with Crippen molar-refractivity contribution in [3.05, 3.63) is 53.6 Å². The van der Waals surface area contributed by atoms with Crippen molar-refractivity contribution in [3.63, 3.8) is 0 Å². The fraction of sp³-hybridized carbons (Fsp3) is 0.176. The van der Waals surface area contributed by atoms with Crippen molar-refractivity contribution in [3.8, 4) is 11.5 Å². The molecule has 138 valence electrons. The van der Waals surface area contributed by atoms with Crippen LogP contribution in [0.4, 0.5) is 19.3 Å². The molecule has 0 aromatic heterocycles. The first kappa shape index (κ1) is 19.0. The lowest BCUT2D eigenvalue weighted by Crippen LogP contribution is -2.16. The van der Waals surface area contributed by atoms with Gasteiger partial charge in [-0.05, 0) is 5.56 Å². The fourth-order valence-corrected chi connectivity index (χ4v) is 2.06. The van der Waals surface area contributed by atoms with Crippen LogP contribution in [-0.4, -0.2) is 30.9 Å². The number of nitrogens with one attached hydrogen (secondary N) is 1. The van der Waals surface area contributed by atoms with Gasteiger partial charge in [0.15, 0.2) is 11.5 Å². The zero-order chi connectivity index (χ0) is 19.1. The Hall–Kier alpha value is -3.36. The number of hydrogen-bond donors (Lipinski definition) is 2.